The molecule has 0 aliphatic rings. The average molecular weight is 336 g/mol. The molecule has 0 bridgehead atoms. The lowest BCUT2D eigenvalue weighted by Gasteiger charge is -2.16. The number of aromatic amines is 1. The van der Waals surface area contributed by atoms with E-state index in [1.165, 1.54) is 4.90 Å². The highest BCUT2D eigenvalue weighted by molar-refractivity contribution is 5.98. The molecule has 2 heterocycles. The lowest BCUT2D eigenvalue weighted by Crippen LogP contribution is -2.35. The van der Waals surface area contributed by atoms with E-state index in [4.69, 9.17) is 0 Å². The topological polar surface area (TPSA) is 104 Å². The molecule has 0 fully saturated rings. The molecule has 8 nitrogen and oxygen atoms in total. The molecule has 0 radical (unpaired) electrons. The Bertz CT molecular complexity index is 863. The molecule has 2 amide bonds. The third-order valence-electron chi connectivity index (χ3n) is 3.39. The number of rotatable bonds is 5. The Balaban J connectivity index is 1.59. The molecule has 0 aliphatic carbocycles. The molecule has 0 saturated carbocycles. The molecule has 0 saturated heterocycles. The number of benzene rings is 1. The second-order valence-corrected chi connectivity index (χ2v) is 5.30. The number of likely N-dealkylation sites (N-methyl/N-ethyl adjacent to an activating group) is 1. The van der Waals surface area contributed by atoms with Crippen molar-refractivity contribution in [3.05, 3.63) is 60.3 Å². The van der Waals surface area contributed by atoms with Crippen molar-refractivity contribution >= 4 is 17.8 Å². The van der Waals surface area contributed by atoms with Crippen LogP contribution in [0.2, 0.25) is 0 Å². The molecule has 25 heavy (non-hydrogen) atoms. The largest absolute Gasteiger partial charge is 0.332 e. The number of H-pyrrole nitrogens is 1. The van der Waals surface area contributed by atoms with Crippen molar-refractivity contribution in [2.45, 2.75) is 0 Å². The van der Waals surface area contributed by atoms with E-state index in [-0.39, 0.29) is 18.4 Å². The van der Waals surface area contributed by atoms with E-state index in [1.54, 1.807) is 49.6 Å². The normalized spacial score (nSPS) is 10.3. The quantitative estimate of drug-likeness (QED) is 0.736. The smallest absolute Gasteiger partial charge is 0.254 e. The van der Waals surface area contributed by atoms with Crippen LogP contribution in [-0.2, 0) is 4.79 Å². The Labute approximate surface area is 143 Å². The molecule has 126 valence electrons. The van der Waals surface area contributed by atoms with Gasteiger partial charge in [-0.3, -0.25) is 25.0 Å². The first kappa shape index (κ1) is 16.3. The van der Waals surface area contributed by atoms with Gasteiger partial charge in [-0.25, -0.2) is 0 Å². The summed E-state index contributed by atoms with van der Waals surface area (Å²) in [6.45, 7) is -0.110. The Morgan fingerprint density at radius 2 is 1.88 bits per heavy atom. The van der Waals surface area contributed by atoms with Gasteiger partial charge >= 0.3 is 0 Å². The molecule has 0 atom stereocenters. The van der Waals surface area contributed by atoms with Gasteiger partial charge in [-0.1, -0.05) is 24.3 Å². The van der Waals surface area contributed by atoms with E-state index in [2.05, 4.69) is 25.5 Å². The van der Waals surface area contributed by atoms with Gasteiger partial charge in [0.2, 0.25) is 11.9 Å². The number of hydrogen-bond acceptors (Lipinski definition) is 5. The molecule has 1 aromatic carbocycles. The van der Waals surface area contributed by atoms with Crippen LogP contribution in [0.4, 0.5) is 5.95 Å². The fraction of sp³-hybridized carbons (Fsp3) is 0.118. The minimum absolute atomic E-state index is 0.110. The van der Waals surface area contributed by atoms with Crippen molar-refractivity contribution < 1.29 is 9.59 Å². The summed E-state index contributed by atoms with van der Waals surface area (Å²) in [7, 11) is 1.56. The number of hydrogen-bond donors (Lipinski definition) is 2. The van der Waals surface area contributed by atoms with Crippen LogP contribution in [0, 0.1) is 0 Å². The summed E-state index contributed by atoms with van der Waals surface area (Å²) in [5.74, 6) is -0.0471. The Morgan fingerprint density at radius 3 is 2.60 bits per heavy atom. The fourth-order valence-corrected chi connectivity index (χ4v) is 2.19. The summed E-state index contributed by atoms with van der Waals surface area (Å²) < 4.78 is 0. The van der Waals surface area contributed by atoms with Gasteiger partial charge in [0.1, 0.15) is 5.69 Å². The highest BCUT2D eigenvalue weighted by atomic mass is 16.2. The van der Waals surface area contributed by atoms with E-state index in [9.17, 15) is 9.59 Å². The van der Waals surface area contributed by atoms with Crippen molar-refractivity contribution in [3.63, 3.8) is 0 Å². The van der Waals surface area contributed by atoms with E-state index in [0.29, 0.717) is 17.1 Å². The maximum absolute atomic E-state index is 12.2. The van der Waals surface area contributed by atoms with Crippen LogP contribution in [0.25, 0.3) is 11.5 Å². The predicted octanol–water partition coefficient (Wildman–Crippen LogP) is 1.58. The maximum Gasteiger partial charge on any atom is 0.254 e. The molecule has 8 heteroatoms. The van der Waals surface area contributed by atoms with Crippen LogP contribution in [0.5, 0.6) is 0 Å². The van der Waals surface area contributed by atoms with Crippen molar-refractivity contribution in [2.75, 3.05) is 18.9 Å². The third kappa shape index (κ3) is 4.05. The molecule has 3 aromatic rings. The monoisotopic (exact) mass is 336 g/mol. The minimum atomic E-state index is -0.390. The first-order valence-corrected chi connectivity index (χ1v) is 7.57. The Hall–Kier alpha value is -3.55. The van der Waals surface area contributed by atoms with E-state index in [1.807, 2.05) is 12.1 Å². The average Bonchev–Trinajstić information content (AvgIpc) is 3.10. The molecular formula is C17H16N6O2. The first-order chi connectivity index (χ1) is 12.1. The molecule has 2 N–H and O–H groups in total. The summed E-state index contributed by atoms with van der Waals surface area (Å²) in [6.07, 6.45) is 1.64. The van der Waals surface area contributed by atoms with Crippen molar-refractivity contribution in [1.82, 2.24) is 25.1 Å². The van der Waals surface area contributed by atoms with Gasteiger partial charge in [0.25, 0.3) is 5.91 Å². The van der Waals surface area contributed by atoms with Gasteiger partial charge < -0.3 is 4.90 Å². The first-order valence-electron chi connectivity index (χ1n) is 7.57. The van der Waals surface area contributed by atoms with Gasteiger partial charge in [0.15, 0.2) is 5.82 Å². The number of aromatic nitrogens is 4. The van der Waals surface area contributed by atoms with Crippen molar-refractivity contribution in [3.8, 4) is 11.5 Å². The summed E-state index contributed by atoms with van der Waals surface area (Å²) in [4.78, 5) is 34.0. The second-order valence-electron chi connectivity index (χ2n) is 5.30. The number of anilines is 1. The van der Waals surface area contributed by atoms with Gasteiger partial charge in [0, 0.05) is 18.8 Å². The molecule has 0 aliphatic heterocycles. The summed E-state index contributed by atoms with van der Waals surface area (Å²) in [6, 6.07) is 14.2. The summed E-state index contributed by atoms with van der Waals surface area (Å²) in [5, 5.41) is 9.20. The summed E-state index contributed by atoms with van der Waals surface area (Å²) >= 11 is 0. The van der Waals surface area contributed by atoms with Crippen LogP contribution >= 0.6 is 0 Å². The van der Waals surface area contributed by atoms with Crippen molar-refractivity contribution in [2.24, 2.45) is 0 Å². The number of pyridine rings is 1. The van der Waals surface area contributed by atoms with Gasteiger partial charge in [0.05, 0.1) is 6.54 Å². The van der Waals surface area contributed by atoms with Gasteiger partial charge in [-0.2, -0.15) is 4.98 Å². The Morgan fingerprint density at radius 1 is 1.12 bits per heavy atom. The fourth-order valence-electron chi connectivity index (χ4n) is 2.19. The molecule has 0 unspecified atom stereocenters. The van der Waals surface area contributed by atoms with Crippen LogP contribution in [0.15, 0.2) is 54.7 Å². The minimum Gasteiger partial charge on any atom is -0.332 e. The SMILES string of the molecule is CN(CC(=O)Nc1n[nH]c(-c2ccccn2)n1)C(=O)c1ccccc1. The van der Waals surface area contributed by atoms with E-state index < -0.39 is 5.91 Å². The Kier molecular flexibility index (Phi) is 4.79. The lowest BCUT2D eigenvalue weighted by molar-refractivity contribution is -0.116. The number of carbonyl (C=O) groups excluding carboxylic acids is 2. The standard InChI is InChI=1S/C17H16N6O2/c1-23(16(25)12-7-3-2-4-8-12)11-14(24)19-17-20-15(21-22-17)13-9-5-6-10-18-13/h2-10H,11H2,1H3,(H2,19,20,21,22,24). The number of carbonyl (C=O) groups is 2. The van der Waals surface area contributed by atoms with E-state index in [0.717, 1.165) is 0 Å². The number of nitrogens with zero attached hydrogens (tertiary/aromatic N) is 4. The molecule has 3 rings (SSSR count). The molecule has 0 spiro atoms. The van der Waals surface area contributed by atoms with Crippen LogP contribution in [0.1, 0.15) is 10.4 Å². The van der Waals surface area contributed by atoms with Crippen LogP contribution in [0.3, 0.4) is 0 Å². The zero-order valence-electron chi connectivity index (χ0n) is 13.5. The van der Waals surface area contributed by atoms with Gasteiger partial charge in [-0.15, -0.1) is 5.10 Å². The number of amides is 2. The van der Waals surface area contributed by atoms with Crippen LogP contribution < -0.4 is 5.32 Å². The zero-order valence-corrected chi connectivity index (χ0v) is 13.5. The summed E-state index contributed by atoms with van der Waals surface area (Å²) in [5.41, 5.74) is 1.14. The zero-order chi connectivity index (χ0) is 17.6. The predicted molar refractivity (Wildman–Crippen MR) is 91.6 cm³/mol. The van der Waals surface area contributed by atoms with Gasteiger partial charge in [-0.05, 0) is 24.3 Å². The third-order valence-corrected chi connectivity index (χ3v) is 3.39. The van der Waals surface area contributed by atoms with E-state index >= 15 is 0 Å². The molecular weight excluding hydrogens is 320 g/mol. The highest BCUT2D eigenvalue weighted by Crippen LogP contribution is 2.12. The lowest BCUT2D eigenvalue weighted by atomic mass is 10.2. The maximum atomic E-state index is 12.2. The number of nitrogens with one attached hydrogen (secondary N) is 2. The second kappa shape index (κ2) is 7.35. The highest BCUT2D eigenvalue weighted by Gasteiger charge is 2.16. The van der Waals surface area contributed by atoms with Crippen molar-refractivity contribution in [1.29, 1.82) is 0 Å². The molecule has 2 aromatic heterocycles. The van der Waals surface area contributed by atoms with Crippen LogP contribution in [-0.4, -0.2) is 50.5 Å².